The van der Waals surface area contributed by atoms with Gasteiger partial charge in [0.1, 0.15) is 6.10 Å². The summed E-state index contributed by atoms with van der Waals surface area (Å²) in [6.45, 7) is 6.93. The second kappa shape index (κ2) is 3.17. The zero-order valence-electron chi connectivity index (χ0n) is 7.05. The molecule has 0 saturated heterocycles. The molecule has 2 N–H and O–H groups in total. The number of allylic oxidation sites excluding steroid dienone is 1. The minimum Gasteiger partial charge on any atom is -0.387 e. The van der Waals surface area contributed by atoms with E-state index in [1.807, 2.05) is 13.8 Å². The van der Waals surface area contributed by atoms with E-state index < -0.39 is 11.7 Å². The highest BCUT2D eigenvalue weighted by Crippen LogP contribution is 2.10. The summed E-state index contributed by atoms with van der Waals surface area (Å²) in [4.78, 5) is 0. The van der Waals surface area contributed by atoms with E-state index in [2.05, 4.69) is 0 Å². The van der Waals surface area contributed by atoms with Gasteiger partial charge in [-0.25, -0.2) is 0 Å². The maximum absolute atomic E-state index is 9.24. The third kappa shape index (κ3) is 3.64. The first-order chi connectivity index (χ1) is 4.34. The molecule has 0 aromatic carbocycles. The fourth-order valence-corrected chi connectivity index (χ4v) is 0.520. The van der Waals surface area contributed by atoms with Crippen molar-refractivity contribution in [3.63, 3.8) is 0 Å². The highest BCUT2D eigenvalue weighted by molar-refractivity contribution is 5.02. The average Bonchev–Trinajstić information content (AvgIpc) is 1.60. The standard InChI is InChI=1S/C8H16O2/c1-6(2)5-7(9)8(3,4)10/h5,7,9-10H,1-4H3. The molecule has 1 atom stereocenters. The highest BCUT2D eigenvalue weighted by Gasteiger charge is 2.21. The quantitative estimate of drug-likeness (QED) is 0.569. The number of rotatable bonds is 2. The summed E-state index contributed by atoms with van der Waals surface area (Å²) >= 11 is 0. The van der Waals surface area contributed by atoms with Gasteiger partial charge in [0, 0.05) is 0 Å². The second-order valence-electron chi connectivity index (χ2n) is 3.34. The van der Waals surface area contributed by atoms with Crippen molar-refractivity contribution in [3.05, 3.63) is 11.6 Å². The summed E-state index contributed by atoms with van der Waals surface area (Å²) in [6, 6.07) is 0. The molecule has 2 nitrogen and oxygen atoms in total. The Morgan fingerprint density at radius 2 is 1.80 bits per heavy atom. The Balaban J connectivity index is 4.11. The van der Waals surface area contributed by atoms with Crippen LogP contribution in [0.1, 0.15) is 27.7 Å². The maximum atomic E-state index is 9.24. The molecule has 60 valence electrons. The fourth-order valence-electron chi connectivity index (χ4n) is 0.520. The molecule has 1 unspecified atom stereocenters. The fraction of sp³-hybridized carbons (Fsp3) is 0.750. The lowest BCUT2D eigenvalue weighted by molar-refractivity contribution is -0.0229. The molecule has 10 heavy (non-hydrogen) atoms. The zero-order valence-corrected chi connectivity index (χ0v) is 7.05. The van der Waals surface area contributed by atoms with Crippen LogP contribution < -0.4 is 0 Å². The summed E-state index contributed by atoms with van der Waals surface area (Å²) in [6.07, 6.45) is 0.873. The van der Waals surface area contributed by atoms with Crippen LogP contribution >= 0.6 is 0 Å². The van der Waals surface area contributed by atoms with Crippen LogP contribution in [0, 0.1) is 0 Å². The maximum Gasteiger partial charge on any atom is 0.100 e. The van der Waals surface area contributed by atoms with Gasteiger partial charge in [0.15, 0.2) is 0 Å². The van der Waals surface area contributed by atoms with Gasteiger partial charge in [0.05, 0.1) is 5.60 Å². The van der Waals surface area contributed by atoms with E-state index in [1.54, 1.807) is 19.9 Å². The van der Waals surface area contributed by atoms with Crippen LogP contribution in [-0.4, -0.2) is 21.9 Å². The minimum absolute atomic E-state index is 0.766. The number of aliphatic hydroxyl groups is 2. The lowest BCUT2D eigenvalue weighted by Gasteiger charge is -2.21. The van der Waals surface area contributed by atoms with Gasteiger partial charge >= 0.3 is 0 Å². The molecule has 0 fully saturated rings. The minimum atomic E-state index is -1.03. The van der Waals surface area contributed by atoms with Crippen molar-refractivity contribution < 1.29 is 10.2 Å². The summed E-state index contributed by atoms with van der Waals surface area (Å²) < 4.78 is 0. The van der Waals surface area contributed by atoms with Gasteiger partial charge in [-0.1, -0.05) is 11.6 Å². The van der Waals surface area contributed by atoms with Gasteiger partial charge in [0.25, 0.3) is 0 Å². The van der Waals surface area contributed by atoms with Gasteiger partial charge < -0.3 is 10.2 Å². The molecule has 0 spiro atoms. The molecule has 0 amide bonds. The predicted octanol–water partition coefficient (Wildman–Crippen LogP) is 1.08. The molecule has 2 heteroatoms. The molecule has 0 aromatic heterocycles. The molecule has 0 aromatic rings. The van der Waals surface area contributed by atoms with E-state index >= 15 is 0 Å². The Morgan fingerprint density at radius 1 is 1.40 bits per heavy atom. The van der Waals surface area contributed by atoms with Crippen molar-refractivity contribution in [2.45, 2.75) is 39.4 Å². The molecule has 0 aliphatic rings. The SMILES string of the molecule is CC(C)=CC(O)C(C)(C)O. The zero-order chi connectivity index (χ0) is 8.36. The molecule has 0 radical (unpaired) electrons. The number of hydrogen-bond donors (Lipinski definition) is 2. The molecule has 0 heterocycles. The monoisotopic (exact) mass is 144 g/mol. The number of aliphatic hydroxyl groups excluding tert-OH is 1. The smallest absolute Gasteiger partial charge is 0.100 e. The van der Waals surface area contributed by atoms with Crippen molar-refractivity contribution in [2.75, 3.05) is 0 Å². The molecule has 0 rings (SSSR count). The van der Waals surface area contributed by atoms with Crippen LogP contribution in [0.15, 0.2) is 11.6 Å². The Labute approximate surface area is 62.2 Å². The van der Waals surface area contributed by atoms with Crippen molar-refractivity contribution in [2.24, 2.45) is 0 Å². The summed E-state index contributed by atoms with van der Waals surface area (Å²) in [5, 5.41) is 18.5. The van der Waals surface area contributed by atoms with Gasteiger partial charge in [-0.15, -0.1) is 0 Å². The first-order valence-corrected chi connectivity index (χ1v) is 3.39. The van der Waals surface area contributed by atoms with Gasteiger partial charge in [-0.3, -0.25) is 0 Å². The van der Waals surface area contributed by atoms with Crippen LogP contribution in [0.2, 0.25) is 0 Å². The van der Waals surface area contributed by atoms with E-state index in [4.69, 9.17) is 0 Å². The van der Waals surface area contributed by atoms with Crippen molar-refractivity contribution >= 4 is 0 Å². The largest absolute Gasteiger partial charge is 0.387 e. The van der Waals surface area contributed by atoms with E-state index in [-0.39, 0.29) is 0 Å². The topological polar surface area (TPSA) is 40.5 Å². The van der Waals surface area contributed by atoms with Crippen LogP contribution in [0.3, 0.4) is 0 Å². The Hall–Kier alpha value is -0.340. The van der Waals surface area contributed by atoms with E-state index in [1.165, 1.54) is 0 Å². The summed E-state index contributed by atoms with van der Waals surface area (Å²) in [7, 11) is 0. The summed E-state index contributed by atoms with van der Waals surface area (Å²) in [5.74, 6) is 0. The van der Waals surface area contributed by atoms with Crippen LogP contribution in [0.5, 0.6) is 0 Å². The molecule has 0 aliphatic carbocycles. The molecule has 0 saturated carbocycles. The average molecular weight is 144 g/mol. The first kappa shape index (κ1) is 9.66. The Kier molecular flexibility index (Phi) is 3.06. The normalized spacial score (nSPS) is 14.6. The van der Waals surface area contributed by atoms with Crippen molar-refractivity contribution in [1.29, 1.82) is 0 Å². The third-order valence-electron chi connectivity index (χ3n) is 1.22. The van der Waals surface area contributed by atoms with E-state index in [9.17, 15) is 10.2 Å². The van der Waals surface area contributed by atoms with E-state index in [0.29, 0.717) is 0 Å². The molecular weight excluding hydrogens is 128 g/mol. The van der Waals surface area contributed by atoms with Crippen molar-refractivity contribution in [3.8, 4) is 0 Å². The highest BCUT2D eigenvalue weighted by atomic mass is 16.3. The Bertz CT molecular complexity index is 127. The Morgan fingerprint density at radius 3 is 1.90 bits per heavy atom. The van der Waals surface area contributed by atoms with Gasteiger partial charge in [0.2, 0.25) is 0 Å². The summed E-state index contributed by atoms with van der Waals surface area (Å²) in [5.41, 5.74) is -0.0216. The molecular formula is C8H16O2. The molecule has 0 bridgehead atoms. The lowest BCUT2D eigenvalue weighted by Crippen LogP contribution is -2.34. The molecule has 0 aliphatic heterocycles. The number of hydrogen-bond acceptors (Lipinski definition) is 2. The van der Waals surface area contributed by atoms with Gasteiger partial charge in [-0.05, 0) is 27.7 Å². The van der Waals surface area contributed by atoms with Gasteiger partial charge in [-0.2, -0.15) is 0 Å². The third-order valence-corrected chi connectivity index (χ3v) is 1.22. The van der Waals surface area contributed by atoms with E-state index in [0.717, 1.165) is 5.57 Å². The first-order valence-electron chi connectivity index (χ1n) is 3.39. The lowest BCUT2D eigenvalue weighted by atomic mass is 10.0. The van der Waals surface area contributed by atoms with Crippen LogP contribution in [-0.2, 0) is 0 Å². The second-order valence-corrected chi connectivity index (χ2v) is 3.34. The van der Waals surface area contributed by atoms with Crippen LogP contribution in [0.25, 0.3) is 0 Å². The van der Waals surface area contributed by atoms with Crippen molar-refractivity contribution in [1.82, 2.24) is 0 Å². The predicted molar refractivity (Wildman–Crippen MR) is 41.7 cm³/mol. The van der Waals surface area contributed by atoms with Crippen LogP contribution in [0.4, 0.5) is 0 Å².